The molecule has 4 fully saturated rings. The van der Waals surface area contributed by atoms with Crippen LogP contribution in [0.5, 0.6) is 11.5 Å². The maximum absolute atomic E-state index is 14.1. The van der Waals surface area contributed by atoms with Crippen LogP contribution in [0.3, 0.4) is 0 Å². The molecule has 2 aliphatic heterocycles. The van der Waals surface area contributed by atoms with Crippen LogP contribution in [0.4, 0.5) is 17.1 Å². The first-order valence-electron chi connectivity index (χ1n) is 25.5. The van der Waals surface area contributed by atoms with Crippen molar-refractivity contribution in [2.45, 2.75) is 101 Å². The predicted octanol–water partition coefficient (Wildman–Crippen LogP) is 9.81. The fourth-order valence-corrected chi connectivity index (χ4v) is 12.7. The van der Waals surface area contributed by atoms with E-state index in [1.807, 2.05) is 48.2 Å². The molecule has 4 aromatic carbocycles. The van der Waals surface area contributed by atoms with E-state index in [1.54, 1.807) is 30.5 Å². The van der Waals surface area contributed by atoms with Crippen molar-refractivity contribution in [1.82, 2.24) is 24.5 Å². The van der Waals surface area contributed by atoms with Crippen LogP contribution < -0.4 is 19.7 Å². The molecule has 4 heterocycles. The molecule has 10 rings (SSSR count). The Bertz CT molecular complexity index is 3120. The second-order valence-corrected chi connectivity index (χ2v) is 22.9. The van der Waals surface area contributed by atoms with Gasteiger partial charge in [0, 0.05) is 80.3 Å². The lowest BCUT2D eigenvalue weighted by Crippen LogP contribution is -2.60. The van der Waals surface area contributed by atoms with E-state index >= 15 is 0 Å². The van der Waals surface area contributed by atoms with Crippen LogP contribution in [-0.2, 0) is 10.0 Å². The molecule has 0 bridgehead atoms. The van der Waals surface area contributed by atoms with Crippen LogP contribution in [0.2, 0.25) is 0 Å². The number of anilines is 2. The number of pyridine rings is 1. The molecule has 1 spiro atoms. The Labute approximate surface area is 426 Å². The third-order valence-electron chi connectivity index (χ3n) is 16.0. The zero-order valence-corrected chi connectivity index (χ0v) is 42.4. The molecule has 6 aromatic rings. The van der Waals surface area contributed by atoms with E-state index in [4.69, 9.17) is 4.74 Å². The van der Waals surface area contributed by atoms with Gasteiger partial charge in [0.2, 0.25) is 0 Å². The number of sulfonamides is 1. The molecule has 1 unspecified atom stereocenters. The highest BCUT2D eigenvalue weighted by atomic mass is 32.2. The smallest absolute Gasteiger partial charge is 0.293 e. The molecule has 2 aliphatic carbocycles. The number of piperidine rings is 1. The Morgan fingerprint density at radius 3 is 2.40 bits per heavy atom. The maximum Gasteiger partial charge on any atom is 0.293 e. The molecule has 17 heteroatoms. The summed E-state index contributed by atoms with van der Waals surface area (Å²) in [6.45, 7) is 10.4. The van der Waals surface area contributed by atoms with E-state index in [0.29, 0.717) is 61.4 Å². The summed E-state index contributed by atoms with van der Waals surface area (Å²) in [7, 11) is -4.60. The van der Waals surface area contributed by atoms with Gasteiger partial charge in [-0.15, -0.1) is 0 Å². The number of nitrogens with zero attached hydrogens (tertiary/aromatic N) is 5. The van der Waals surface area contributed by atoms with Crippen molar-refractivity contribution >= 4 is 49.9 Å². The summed E-state index contributed by atoms with van der Waals surface area (Å²) < 4.78 is 36.2. The number of carbonyl (C=O) groups excluding carboxylic acids is 2. The van der Waals surface area contributed by atoms with Crippen LogP contribution in [-0.4, -0.2) is 101 Å². The SMILES string of the molecule is CC(C)c1ccccc1C1CN(C(=O)c2ccccc2)CCN1C1CC2(CCN(c3ccc(C(=O)NS(=O)(=O)c4ccc(NC[C@H]5CC[C@](C)(O)CC5)c([N+](=O)[O-])c4)c(Oc4cnc5[nH]ccc5c4)c3)CC2)C1. The monoisotopic (exact) mass is 1010 g/mol. The molecular weight excluding hydrogens is 945 g/mol. The lowest BCUT2D eigenvalue weighted by atomic mass is 9.59. The van der Waals surface area contributed by atoms with Gasteiger partial charge in [-0.1, -0.05) is 56.3 Å². The first kappa shape index (κ1) is 49.7. The van der Waals surface area contributed by atoms with Crippen molar-refractivity contribution in [2.24, 2.45) is 11.3 Å². The number of benzene rings is 4. The normalized spacial score (nSPS) is 21.5. The summed E-state index contributed by atoms with van der Waals surface area (Å²) >= 11 is 0. The van der Waals surface area contributed by atoms with Crippen LogP contribution in [0.25, 0.3) is 11.0 Å². The summed E-state index contributed by atoms with van der Waals surface area (Å²) in [6.07, 6.45) is 10.1. The van der Waals surface area contributed by atoms with E-state index < -0.39 is 37.0 Å². The van der Waals surface area contributed by atoms with Crippen molar-refractivity contribution in [3.05, 3.63) is 148 Å². The van der Waals surface area contributed by atoms with Gasteiger partial charge in [-0.3, -0.25) is 24.6 Å². The van der Waals surface area contributed by atoms with Crippen LogP contribution >= 0.6 is 0 Å². The maximum atomic E-state index is 14.1. The number of nitrogens with one attached hydrogen (secondary N) is 3. The summed E-state index contributed by atoms with van der Waals surface area (Å²) in [5.41, 5.74) is 3.93. The van der Waals surface area contributed by atoms with Gasteiger partial charge in [-0.25, -0.2) is 18.1 Å². The molecule has 382 valence electrons. The molecule has 73 heavy (non-hydrogen) atoms. The third-order valence-corrected chi connectivity index (χ3v) is 17.3. The molecule has 4 N–H and O–H groups in total. The van der Waals surface area contributed by atoms with E-state index in [2.05, 4.69) is 67.9 Å². The second-order valence-electron chi connectivity index (χ2n) is 21.3. The zero-order valence-electron chi connectivity index (χ0n) is 41.6. The highest BCUT2D eigenvalue weighted by Crippen LogP contribution is 2.53. The van der Waals surface area contributed by atoms with Crippen LogP contribution in [0.15, 0.2) is 120 Å². The fraction of sp³-hybridized carbons (Fsp3) is 0.411. The first-order valence-corrected chi connectivity index (χ1v) is 27.0. The highest BCUT2D eigenvalue weighted by Gasteiger charge is 2.50. The minimum Gasteiger partial charge on any atom is -0.455 e. The van der Waals surface area contributed by atoms with Crippen molar-refractivity contribution in [3.8, 4) is 11.5 Å². The van der Waals surface area contributed by atoms with Crippen LogP contribution in [0, 0.1) is 21.4 Å². The zero-order chi connectivity index (χ0) is 51.1. The van der Waals surface area contributed by atoms with Gasteiger partial charge < -0.3 is 29.9 Å². The van der Waals surface area contributed by atoms with Gasteiger partial charge in [-0.2, -0.15) is 0 Å². The highest BCUT2D eigenvalue weighted by molar-refractivity contribution is 7.90. The van der Waals surface area contributed by atoms with Gasteiger partial charge in [0.1, 0.15) is 22.8 Å². The lowest BCUT2D eigenvalue weighted by Gasteiger charge is -2.58. The Morgan fingerprint density at radius 1 is 0.918 bits per heavy atom. The van der Waals surface area contributed by atoms with E-state index in [0.717, 1.165) is 75.3 Å². The number of ether oxygens (including phenoxy) is 1. The number of nitro benzene ring substituents is 1. The molecule has 2 saturated carbocycles. The Kier molecular flexibility index (Phi) is 13.8. The van der Waals surface area contributed by atoms with Crippen molar-refractivity contribution in [1.29, 1.82) is 0 Å². The van der Waals surface area contributed by atoms with E-state index in [9.17, 15) is 33.2 Å². The number of aliphatic hydroxyl groups is 1. The largest absolute Gasteiger partial charge is 0.455 e. The molecule has 2 amide bonds. The van der Waals surface area contributed by atoms with Crippen molar-refractivity contribution in [2.75, 3.05) is 49.5 Å². The quantitative estimate of drug-likeness (QED) is 0.0595. The fourth-order valence-electron chi connectivity index (χ4n) is 11.7. The lowest BCUT2D eigenvalue weighted by molar-refractivity contribution is -0.384. The number of hydrogen-bond acceptors (Lipinski definition) is 12. The Morgan fingerprint density at radius 2 is 1.66 bits per heavy atom. The number of rotatable bonds is 14. The molecule has 4 aliphatic rings. The minimum atomic E-state index is -4.60. The number of nitro groups is 1. The van der Waals surface area contributed by atoms with Gasteiger partial charge in [0.25, 0.3) is 27.5 Å². The number of carbonyl (C=O) groups is 2. The summed E-state index contributed by atoms with van der Waals surface area (Å²) in [4.78, 5) is 53.5. The molecule has 16 nitrogen and oxygen atoms in total. The summed E-state index contributed by atoms with van der Waals surface area (Å²) in [5.74, 6) is 0.107. The molecule has 0 radical (unpaired) electrons. The first-order chi connectivity index (χ1) is 35.0. The van der Waals surface area contributed by atoms with Crippen molar-refractivity contribution in [3.63, 3.8) is 0 Å². The minimum absolute atomic E-state index is 0.0461. The van der Waals surface area contributed by atoms with E-state index in [1.165, 1.54) is 29.5 Å². The summed E-state index contributed by atoms with van der Waals surface area (Å²) in [5, 5.41) is 26.5. The molecule has 1 atom stereocenters. The summed E-state index contributed by atoms with van der Waals surface area (Å²) in [6, 6.07) is 31.0. The van der Waals surface area contributed by atoms with Gasteiger partial charge in [0.05, 0.1) is 33.2 Å². The van der Waals surface area contributed by atoms with Crippen molar-refractivity contribution < 1.29 is 32.8 Å². The molecular formula is C56H64N8O8S. The average molecular weight is 1010 g/mol. The number of H-pyrrole nitrogens is 1. The number of aromatic nitrogens is 2. The Balaban J connectivity index is 0.838. The molecule has 2 aromatic heterocycles. The van der Waals surface area contributed by atoms with Gasteiger partial charge in [0.15, 0.2) is 0 Å². The Hall–Kier alpha value is -6.82. The standard InChI is InChI=1S/C56H64N8O8S/c1-37(2)45-11-7-8-12-46(45)50-36-62(54(66)39-9-5-4-6-10-39)27-28-63(50)42-32-56(33-42)22-25-61(26-23-56)41-13-15-47(51(30-41)72-43-29-40-19-24-57-52(40)59-35-43)53(65)60-73(70,71)44-14-16-48(49(31-44)64(68)69)58-34-38-17-20-55(3,67)21-18-38/h4-16,19,24,29-31,35,37-38,42,50,58,67H,17-18,20-23,25-28,32-34,36H2,1-3H3,(H,57,59)(H,60,65)/t38-,50?,55-. The number of hydrogen-bond donors (Lipinski definition) is 4. The topological polar surface area (TPSA) is 203 Å². The third kappa shape index (κ3) is 10.7. The molecule has 2 saturated heterocycles. The van der Waals surface area contributed by atoms with E-state index in [-0.39, 0.29) is 40.3 Å². The van der Waals surface area contributed by atoms with Crippen LogP contribution in [0.1, 0.15) is 116 Å². The predicted molar refractivity (Wildman–Crippen MR) is 281 cm³/mol. The number of amides is 2. The average Bonchev–Trinajstić information content (AvgIpc) is 3.86. The van der Waals surface area contributed by atoms with Gasteiger partial charge in [-0.05, 0) is 135 Å². The van der Waals surface area contributed by atoms with Gasteiger partial charge >= 0.3 is 0 Å². The number of piperazine rings is 1. The second kappa shape index (κ2) is 20.2. The number of aromatic amines is 1. The number of fused-ring (bicyclic) bond motifs is 1.